The maximum absolute atomic E-state index is 11.2. The Labute approximate surface area is 122 Å². The number of nitriles is 1. The Morgan fingerprint density at radius 1 is 1.43 bits per heavy atom. The van der Waals surface area contributed by atoms with E-state index in [1.807, 2.05) is 0 Å². The number of hydrogen-bond donors (Lipinski definition) is 1. The minimum absolute atomic E-state index is 0.209. The number of esters is 1. The first-order valence-electron chi connectivity index (χ1n) is 6.23. The smallest absolute Gasteiger partial charge is 0.344 e. The van der Waals surface area contributed by atoms with E-state index < -0.39 is 11.9 Å². The highest BCUT2D eigenvalue weighted by atomic mass is 16.6. The number of ether oxygens (including phenoxy) is 2. The largest absolute Gasteiger partial charge is 0.481 e. The summed E-state index contributed by atoms with van der Waals surface area (Å²) in [6, 6.07) is 8.59. The van der Waals surface area contributed by atoms with Gasteiger partial charge in [0, 0.05) is 5.56 Å². The Kier molecular flexibility index (Phi) is 7.00. The second kappa shape index (κ2) is 9.09. The van der Waals surface area contributed by atoms with Gasteiger partial charge in [-0.05, 0) is 19.1 Å². The average Bonchev–Trinajstić information content (AvgIpc) is 2.47. The molecule has 0 spiro atoms. The number of hydrazone groups is 1. The van der Waals surface area contributed by atoms with E-state index in [9.17, 15) is 9.59 Å². The van der Waals surface area contributed by atoms with Gasteiger partial charge in [0.2, 0.25) is 0 Å². The molecule has 0 bridgehead atoms. The van der Waals surface area contributed by atoms with Crippen molar-refractivity contribution < 1.29 is 19.1 Å². The summed E-state index contributed by atoms with van der Waals surface area (Å²) in [5.74, 6) is -0.533. The number of hydrogen-bond acceptors (Lipinski definition) is 6. The van der Waals surface area contributed by atoms with Crippen LogP contribution in [0.1, 0.15) is 18.9 Å². The molecule has 0 radical (unpaired) electrons. The van der Waals surface area contributed by atoms with Gasteiger partial charge in [0.25, 0.3) is 5.91 Å². The van der Waals surface area contributed by atoms with E-state index in [-0.39, 0.29) is 19.6 Å². The third kappa shape index (κ3) is 6.20. The molecule has 110 valence electrons. The van der Waals surface area contributed by atoms with Crippen molar-refractivity contribution in [2.24, 2.45) is 5.10 Å². The van der Waals surface area contributed by atoms with Crippen LogP contribution in [-0.4, -0.2) is 31.3 Å². The van der Waals surface area contributed by atoms with Gasteiger partial charge in [-0.2, -0.15) is 10.4 Å². The molecule has 0 aliphatic rings. The van der Waals surface area contributed by atoms with E-state index in [1.165, 1.54) is 6.21 Å². The number of benzene rings is 1. The molecule has 1 aromatic rings. The SMILES string of the molecule is CCOC(=O)COc1ccccc1/C=N\NC(=O)CC#N. The van der Waals surface area contributed by atoms with Crippen LogP contribution in [0.3, 0.4) is 0 Å². The monoisotopic (exact) mass is 289 g/mol. The first kappa shape index (κ1) is 16.2. The lowest BCUT2D eigenvalue weighted by Gasteiger charge is -2.08. The molecular formula is C14H15N3O4. The average molecular weight is 289 g/mol. The van der Waals surface area contributed by atoms with Gasteiger partial charge in [-0.25, -0.2) is 10.2 Å². The zero-order valence-electron chi connectivity index (χ0n) is 11.5. The summed E-state index contributed by atoms with van der Waals surface area (Å²) in [6.07, 6.45) is 1.11. The lowest BCUT2D eigenvalue weighted by Crippen LogP contribution is -2.17. The molecule has 0 aromatic heterocycles. The van der Waals surface area contributed by atoms with Crippen molar-refractivity contribution >= 4 is 18.1 Å². The number of carbonyl (C=O) groups excluding carboxylic acids is 2. The molecule has 0 atom stereocenters. The van der Waals surface area contributed by atoms with E-state index in [0.29, 0.717) is 11.3 Å². The Morgan fingerprint density at radius 2 is 2.19 bits per heavy atom. The summed E-state index contributed by atoms with van der Waals surface area (Å²) in [6.45, 7) is 1.79. The van der Waals surface area contributed by atoms with Gasteiger partial charge in [-0.15, -0.1) is 0 Å². The highest BCUT2D eigenvalue weighted by Gasteiger charge is 2.06. The molecule has 0 aliphatic heterocycles. The van der Waals surface area contributed by atoms with Gasteiger partial charge in [-0.3, -0.25) is 4.79 Å². The molecule has 0 saturated heterocycles. The zero-order chi connectivity index (χ0) is 15.5. The fourth-order valence-corrected chi connectivity index (χ4v) is 1.34. The predicted molar refractivity (Wildman–Crippen MR) is 74.5 cm³/mol. The van der Waals surface area contributed by atoms with Crippen molar-refractivity contribution in [3.63, 3.8) is 0 Å². The van der Waals surface area contributed by atoms with Crippen LogP contribution in [0.25, 0.3) is 0 Å². The highest BCUT2D eigenvalue weighted by Crippen LogP contribution is 2.15. The minimum atomic E-state index is -0.501. The van der Waals surface area contributed by atoms with Crippen molar-refractivity contribution in [2.45, 2.75) is 13.3 Å². The van der Waals surface area contributed by atoms with Gasteiger partial charge >= 0.3 is 5.97 Å². The Balaban J connectivity index is 2.62. The van der Waals surface area contributed by atoms with Crippen LogP contribution in [0, 0.1) is 11.3 Å². The molecule has 1 rings (SSSR count). The third-order valence-corrected chi connectivity index (χ3v) is 2.20. The normalized spacial score (nSPS) is 9.90. The van der Waals surface area contributed by atoms with E-state index in [4.69, 9.17) is 14.7 Å². The van der Waals surface area contributed by atoms with Crippen LogP contribution in [0.4, 0.5) is 0 Å². The molecular weight excluding hydrogens is 274 g/mol. The number of para-hydroxylation sites is 1. The number of rotatable bonds is 7. The summed E-state index contributed by atoms with van der Waals surface area (Å²) in [5.41, 5.74) is 2.79. The summed E-state index contributed by atoms with van der Waals surface area (Å²) in [4.78, 5) is 22.3. The maximum Gasteiger partial charge on any atom is 0.344 e. The lowest BCUT2D eigenvalue weighted by molar-refractivity contribution is -0.145. The van der Waals surface area contributed by atoms with Crippen LogP contribution in [0.2, 0.25) is 0 Å². The summed E-state index contributed by atoms with van der Waals surface area (Å²) < 4.78 is 10.1. The van der Waals surface area contributed by atoms with E-state index >= 15 is 0 Å². The molecule has 0 aliphatic carbocycles. The van der Waals surface area contributed by atoms with Gasteiger partial charge in [0.15, 0.2) is 6.61 Å². The Hall–Kier alpha value is -2.88. The number of carbonyl (C=O) groups is 2. The van der Waals surface area contributed by atoms with E-state index in [1.54, 1.807) is 37.3 Å². The molecule has 0 saturated carbocycles. The van der Waals surface area contributed by atoms with E-state index in [2.05, 4.69) is 10.5 Å². The number of amides is 1. The fraction of sp³-hybridized carbons (Fsp3) is 0.286. The van der Waals surface area contributed by atoms with Gasteiger partial charge in [-0.1, -0.05) is 12.1 Å². The second-order valence-electron chi connectivity index (χ2n) is 3.76. The highest BCUT2D eigenvalue weighted by molar-refractivity contribution is 5.85. The summed E-state index contributed by atoms with van der Waals surface area (Å²) in [7, 11) is 0. The van der Waals surface area contributed by atoms with Crippen molar-refractivity contribution in [1.82, 2.24) is 5.43 Å². The zero-order valence-corrected chi connectivity index (χ0v) is 11.5. The van der Waals surface area contributed by atoms with Crippen molar-refractivity contribution in [3.05, 3.63) is 29.8 Å². The topological polar surface area (TPSA) is 101 Å². The number of nitrogens with zero attached hydrogens (tertiary/aromatic N) is 2. The fourth-order valence-electron chi connectivity index (χ4n) is 1.34. The quantitative estimate of drug-likeness (QED) is 0.458. The van der Waals surface area contributed by atoms with E-state index in [0.717, 1.165) is 0 Å². The van der Waals surface area contributed by atoms with Crippen molar-refractivity contribution in [1.29, 1.82) is 5.26 Å². The van der Waals surface area contributed by atoms with Crippen molar-refractivity contribution in [3.8, 4) is 11.8 Å². The minimum Gasteiger partial charge on any atom is -0.481 e. The number of nitrogens with one attached hydrogen (secondary N) is 1. The molecule has 1 N–H and O–H groups in total. The molecule has 21 heavy (non-hydrogen) atoms. The summed E-state index contributed by atoms with van der Waals surface area (Å²) >= 11 is 0. The van der Waals surface area contributed by atoms with Crippen LogP contribution < -0.4 is 10.2 Å². The standard InChI is InChI=1S/C14H15N3O4/c1-2-20-14(19)10-21-12-6-4-3-5-11(12)9-16-17-13(18)7-8-15/h3-6,9H,2,7,10H2,1H3,(H,17,18)/b16-9-. The first-order valence-corrected chi connectivity index (χ1v) is 6.23. The molecule has 7 nitrogen and oxygen atoms in total. The van der Waals surface area contributed by atoms with Crippen LogP contribution in [0.15, 0.2) is 29.4 Å². The van der Waals surface area contributed by atoms with Gasteiger partial charge < -0.3 is 9.47 Å². The molecule has 7 heteroatoms. The van der Waals surface area contributed by atoms with Crippen LogP contribution in [0.5, 0.6) is 5.75 Å². The summed E-state index contributed by atoms with van der Waals surface area (Å²) in [5, 5.41) is 12.0. The Bertz CT molecular complexity index is 564. The van der Waals surface area contributed by atoms with Gasteiger partial charge in [0.1, 0.15) is 12.2 Å². The molecule has 1 amide bonds. The Morgan fingerprint density at radius 3 is 2.90 bits per heavy atom. The first-order chi connectivity index (χ1) is 10.2. The predicted octanol–water partition coefficient (Wildman–Crippen LogP) is 0.992. The molecule has 1 aromatic carbocycles. The second-order valence-corrected chi connectivity index (χ2v) is 3.76. The van der Waals surface area contributed by atoms with Crippen molar-refractivity contribution in [2.75, 3.05) is 13.2 Å². The molecule has 0 fully saturated rings. The van der Waals surface area contributed by atoms with Crippen LogP contribution in [-0.2, 0) is 14.3 Å². The third-order valence-electron chi connectivity index (χ3n) is 2.20. The lowest BCUT2D eigenvalue weighted by atomic mass is 10.2. The maximum atomic E-state index is 11.2. The molecule has 0 unspecified atom stereocenters. The van der Waals surface area contributed by atoms with Gasteiger partial charge in [0.05, 0.1) is 18.9 Å². The molecule has 0 heterocycles. The van der Waals surface area contributed by atoms with Crippen LogP contribution >= 0.6 is 0 Å².